The van der Waals surface area contributed by atoms with Crippen molar-refractivity contribution in [1.82, 2.24) is 9.21 Å². The molecule has 132 valence electrons. The number of carbonyl (C=O) groups is 2. The number of nitrogens with one attached hydrogen (secondary N) is 1. The van der Waals surface area contributed by atoms with E-state index in [-0.39, 0.29) is 35.5 Å². The van der Waals surface area contributed by atoms with Crippen LogP contribution < -0.4 is 10.1 Å². The zero-order chi connectivity index (χ0) is 17.9. The third-order valence-electron chi connectivity index (χ3n) is 3.81. The lowest BCUT2D eigenvalue weighted by Gasteiger charge is -2.33. The largest absolute Gasteiger partial charge is 0.495 e. The Labute approximate surface area is 141 Å². The Morgan fingerprint density at radius 1 is 1.12 bits per heavy atom. The summed E-state index contributed by atoms with van der Waals surface area (Å²) in [6.07, 6.45) is 0. The molecule has 2 amide bonds. The van der Waals surface area contributed by atoms with Crippen LogP contribution in [0.3, 0.4) is 0 Å². The number of benzene rings is 1. The SMILES string of the molecule is COc1cc(S(=O)(=O)N2CCN(C(C)=O)CC2)ccc1NC(C)=O. The molecule has 0 aromatic heterocycles. The fraction of sp³-hybridized carbons (Fsp3) is 0.467. The molecule has 2 rings (SSSR count). The molecule has 1 heterocycles. The minimum atomic E-state index is -3.69. The number of piperazine rings is 1. The third kappa shape index (κ3) is 3.85. The van der Waals surface area contributed by atoms with Crippen LogP contribution in [0.4, 0.5) is 5.69 Å². The number of ether oxygens (including phenoxy) is 1. The molecule has 9 heteroatoms. The van der Waals surface area contributed by atoms with Crippen LogP contribution in [0.1, 0.15) is 13.8 Å². The van der Waals surface area contributed by atoms with Gasteiger partial charge >= 0.3 is 0 Å². The summed E-state index contributed by atoms with van der Waals surface area (Å²) < 4.78 is 32.0. The van der Waals surface area contributed by atoms with Crippen LogP contribution >= 0.6 is 0 Å². The second-order valence-corrected chi connectivity index (χ2v) is 7.39. The Kier molecular flexibility index (Phi) is 5.45. The van der Waals surface area contributed by atoms with Gasteiger partial charge in [-0.3, -0.25) is 9.59 Å². The first kappa shape index (κ1) is 18.2. The fourth-order valence-corrected chi connectivity index (χ4v) is 3.96. The molecule has 1 aromatic carbocycles. The second-order valence-electron chi connectivity index (χ2n) is 5.45. The number of hydrogen-bond donors (Lipinski definition) is 1. The topological polar surface area (TPSA) is 96.0 Å². The number of anilines is 1. The molecule has 0 aliphatic carbocycles. The Morgan fingerprint density at radius 3 is 2.25 bits per heavy atom. The van der Waals surface area contributed by atoms with Gasteiger partial charge in [0.1, 0.15) is 5.75 Å². The van der Waals surface area contributed by atoms with Crippen molar-refractivity contribution in [2.75, 3.05) is 38.6 Å². The maximum absolute atomic E-state index is 12.7. The molecule has 24 heavy (non-hydrogen) atoms. The van der Waals surface area contributed by atoms with Crippen molar-refractivity contribution in [3.05, 3.63) is 18.2 Å². The normalized spacial score (nSPS) is 15.9. The number of rotatable bonds is 4. The van der Waals surface area contributed by atoms with Crippen LogP contribution in [0.2, 0.25) is 0 Å². The van der Waals surface area contributed by atoms with Gasteiger partial charge in [-0.15, -0.1) is 0 Å². The van der Waals surface area contributed by atoms with Gasteiger partial charge in [0.05, 0.1) is 17.7 Å². The maximum Gasteiger partial charge on any atom is 0.243 e. The standard InChI is InChI=1S/C15H21N3O5S/c1-11(19)16-14-5-4-13(10-15(14)23-3)24(21,22)18-8-6-17(7-9-18)12(2)20/h4-5,10H,6-9H2,1-3H3,(H,16,19). The molecule has 0 saturated carbocycles. The summed E-state index contributed by atoms with van der Waals surface area (Å²) in [5, 5.41) is 2.58. The summed E-state index contributed by atoms with van der Waals surface area (Å²) in [6.45, 7) is 4.06. The van der Waals surface area contributed by atoms with E-state index in [9.17, 15) is 18.0 Å². The van der Waals surface area contributed by atoms with E-state index in [0.717, 1.165) is 0 Å². The molecule has 0 unspecified atom stereocenters. The second kappa shape index (κ2) is 7.18. The van der Waals surface area contributed by atoms with Crippen LogP contribution in [-0.2, 0) is 19.6 Å². The Morgan fingerprint density at radius 2 is 1.75 bits per heavy atom. The van der Waals surface area contributed by atoms with Gasteiger partial charge in [0.2, 0.25) is 21.8 Å². The van der Waals surface area contributed by atoms with E-state index in [1.165, 1.54) is 43.5 Å². The van der Waals surface area contributed by atoms with Crippen LogP contribution in [0.15, 0.2) is 23.1 Å². The number of sulfonamides is 1. The first-order valence-electron chi connectivity index (χ1n) is 7.47. The van der Waals surface area contributed by atoms with Gasteiger partial charge in [0.15, 0.2) is 0 Å². The average Bonchev–Trinajstić information content (AvgIpc) is 2.54. The summed E-state index contributed by atoms with van der Waals surface area (Å²) in [4.78, 5) is 24.2. The van der Waals surface area contributed by atoms with Gasteiger partial charge in [-0.05, 0) is 12.1 Å². The van der Waals surface area contributed by atoms with Crippen molar-refractivity contribution in [3.8, 4) is 5.75 Å². The van der Waals surface area contributed by atoms with E-state index >= 15 is 0 Å². The van der Waals surface area contributed by atoms with Gasteiger partial charge in [0, 0.05) is 46.1 Å². The molecule has 0 atom stereocenters. The van der Waals surface area contributed by atoms with Crippen molar-refractivity contribution in [1.29, 1.82) is 0 Å². The van der Waals surface area contributed by atoms with E-state index in [2.05, 4.69) is 5.32 Å². The number of carbonyl (C=O) groups excluding carboxylic acids is 2. The predicted molar refractivity (Wildman–Crippen MR) is 88.3 cm³/mol. The smallest absolute Gasteiger partial charge is 0.243 e. The van der Waals surface area contributed by atoms with E-state index in [1.54, 1.807) is 4.90 Å². The summed E-state index contributed by atoms with van der Waals surface area (Å²) in [5.41, 5.74) is 0.408. The Bertz CT molecular complexity index is 739. The Hall–Kier alpha value is -2.13. The Balaban J connectivity index is 2.23. The zero-order valence-corrected chi connectivity index (χ0v) is 14.7. The van der Waals surface area contributed by atoms with Crippen molar-refractivity contribution >= 4 is 27.5 Å². The third-order valence-corrected chi connectivity index (χ3v) is 5.70. The highest BCUT2D eigenvalue weighted by Crippen LogP contribution is 2.29. The fourth-order valence-electron chi connectivity index (χ4n) is 2.52. The molecule has 8 nitrogen and oxygen atoms in total. The highest BCUT2D eigenvalue weighted by molar-refractivity contribution is 7.89. The molecule has 1 aromatic rings. The number of nitrogens with zero attached hydrogens (tertiary/aromatic N) is 2. The first-order chi connectivity index (χ1) is 11.3. The van der Waals surface area contributed by atoms with Crippen LogP contribution in [0.5, 0.6) is 5.75 Å². The summed E-state index contributed by atoms with van der Waals surface area (Å²) in [5.74, 6) is -0.0636. The molecular weight excluding hydrogens is 334 g/mol. The van der Waals surface area contributed by atoms with Gasteiger partial charge in [-0.2, -0.15) is 4.31 Å². The molecule has 0 spiro atoms. The molecule has 1 saturated heterocycles. The minimum Gasteiger partial charge on any atom is -0.495 e. The highest BCUT2D eigenvalue weighted by Gasteiger charge is 2.29. The van der Waals surface area contributed by atoms with Crippen molar-refractivity contribution < 1.29 is 22.7 Å². The van der Waals surface area contributed by atoms with E-state index in [0.29, 0.717) is 18.8 Å². The van der Waals surface area contributed by atoms with Crippen LogP contribution in [0.25, 0.3) is 0 Å². The highest BCUT2D eigenvalue weighted by atomic mass is 32.2. The van der Waals surface area contributed by atoms with Gasteiger partial charge in [-0.1, -0.05) is 0 Å². The maximum atomic E-state index is 12.7. The van der Waals surface area contributed by atoms with Gasteiger partial charge in [-0.25, -0.2) is 8.42 Å². The molecule has 1 aliphatic heterocycles. The monoisotopic (exact) mass is 355 g/mol. The number of hydrogen-bond acceptors (Lipinski definition) is 5. The lowest BCUT2D eigenvalue weighted by atomic mass is 10.3. The van der Waals surface area contributed by atoms with Gasteiger partial charge < -0.3 is 15.0 Å². The lowest BCUT2D eigenvalue weighted by molar-refractivity contribution is -0.130. The van der Waals surface area contributed by atoms with Crippen LogP contribution in [0, 0.1) is 0 Å². The molecule has 0 bridgehead atoms. The van der Waals surface area contributed by atoms with Crippen molar-refractivity contribution in [3.63, 3.8) is 0 Å². The molecule has 1 N–H and O–H groups in total. The minimum absolute atomic E-state index is 0.0617. The lowest BCUT2D eigenvalue weighted by Crippen LogP contribution is -2.49. The van der Waals surface area contributed by atoms with E-state index < -0.39 is 10.0 Å². The average molecular weight is 355 g/mol. The van der Waals surface area contributed by atoms with E-state index in [4.69, 9.17) is 4.74 Å². The number of amides is 2. The quantitative estimate of drug-likeness (QED) is 0.849. The zero-order valence-electron chi connectivity index (χ0n) is 13.9. The first-order valence-corrected chi connectivity index (χ1v) is 8.91. The molecule has 0 radical (unpaired) electrons. The van der Waals surface area contributed by atoms with Crippen molar-refractivity contribution in [2.45, 2.75) is 18.7 Å². The molecule has 1 aliphatic rings. The summed E-state index contributed by atoms with van der Waals surface area (Å²) >= 11 is 0. The predicted octanol–water partition coefficient (Wildman–Crippen LogP) is 0.506. The number of methoxy groups -OCH3 is 1. The summed E-state index contributed by atoms with van der Waals surface area (Å²) in [7, 11) is -2.28. The summed E-state index contributed by atoms with van der Waals surface area (Å²) in [6, 6.07) is 4.32. The van der Waals surface area contributed by atoms with Crippen molar-refractivity contribution in [2.24, 2.45) is 0 Å². The van der Waals surface area contributed by atoms with Crippen LogP contribution in [-0.4, -0.2) is 62.7 Å². The molecular formula is C15H21N3O5S. The van der Waals surface area contributed by atoms with E-state index in [1.807, 2.05) is 0 Å². The van der Waals surface area contributed by atoms with Gasteiger partial charge in [0.25, 0.3) is 0 Å². The molecule has 1 fully saturated rings.